The molecule has 4 rings (SSSR count). The Morgan fingerprint density at radius 2 is 2.23 bits per heavy atom. The molecule has 22 heavy (non-hydrogen) atoms. The number of pyridine rings is 1. The molecule has 0 radical (unpaired) electrons. The van der Waals surface area contributed by atoms with E-state index in [4.69, 9.17) is 5.73 Å². The quantitative estimate of drug-likeness (QED) is 0.756. The Balaban J connectivity index is 1.76. The van der Waals surface area contributed by atoms with Gasteiger partial charge in [0.15, 0.2) is 0 Å². The Kier molecular flexibility index (Phi) is 3.19. The summed E-state index contributed by atoms with van der Waals surface area (Å²) in [7, 11) is 0. The second-order valence-corrected chi connectivity index (χ2v) is 6.12. The van der Waals surface area contributed by atoms with Gasteiger partial charge in [0.25, 0.3) is 0 Å². The third-order valence-corrected chi connectivity index (χ3v) is 4.55. The highest BCUT2D eigenvalue weighted by atomic mass is 32.2. The number of aromatic amines is 1. The van der Waals surface area contributed by atoms with Crippen molar-refractivity contribution in [2.75, 3.05) is 22.9 Å². The number of nitrogens with two attached hydrogens (primary N) is 1. The maximum atomic E-state index is 5.83. The van der Waals surface area contributed by atoms with Crippen LogP contribution in [0.3, 0.4) is 0 Å². The SMILES string of the molecule is Nc1cncc(C2=CN(c3ncnc4[nH]ccc34)CCS2)c1. The molecule has 6 nitrogen and oxygen atoms in total. The molecule has 110 valence electrons. The van der Waals surface area contributed by atoms with Crippen LogP contribution in [0, 0.1) is 0 Å². The second-order valence-electron chi connectivity index (χ2n) is 4.98. The van der Waals surface area contributed by atoms with Crippen LogP contribution < -0.4 is 10.6 Å². The van der Waals surface area contributed by atoms with Crippen LogP contribution in [0.5, 0.6) is 0 Å². The molecule has 4 heterocycles. The van der Waals surface area contributed by atoms with Gasteiger partial charge in [-0.25, -0.2) is 9.97 Å². The molecule has 3 aromatic heterocycles. The zero-order valence-corrected chi connectivity index (χ0v) is 12.5. The van der Waals surface area contributed by atoms with E-state index >= 15 is 0 Å². The average molecular weight is 310 g/mol. The van der Waals surface area contributed by atoms with Crippen LogP contribution in [0.2, 0.25) is 0 Å². The van der Waals surface area contributed by atoms with Crippen LogP contribution in [-0.2, 0) is 0 Å². The van der Waals surface area contributed by atoms with Gasteiger partial charge in [-0.1, -0.05) is 0 Å². The molecule has 7 heteroatoms. The Morgan fingerprint density at radius 3 is 3.14 bits per heavy atom. The summed E-state index contributed by atoms with van der Waals surface area (Å²) in [5.74, 6) is 1.90. The summed E-state index contributed by atoms with van der Waals surface area (Å²) >= 11 is 1.80. The minimum absolute atomic E-state index is 0.672. The number of hydrogen-bond acceptors (Lipinski definition) is 6. The van der Waals surface area contributed by atoms with Crippen molar-refractivity contribution in [2.24, 2.45) is 0 Å². The molecule has 3 N–H and O–H groups in total. The summed E-state index contributed by atoms with van der Waals surface area (Å²) in [6, 6.07) is 3.95. The minimum Gasteiger partial charge on any atom is -0.397 e. The molecule has 0 saturated carbocycles. The Labute approximate surface area is 131 Å². The molecule has 3 aromatic rings. The largest absolute Gasteiger partial charge is 0.397 e. The molecule has 0 fully saturated rings. The van der Waals surface area contributed by atoms with E-state index in [0.717, 1.165) is 39.6 Å². The van der Waals surface area contributed by atoms with Crippen LogP contribution >= 0.6 is 11.8 Å². The summed E-state index contributed by atoms with van der Waals surface area (Å²) in [4.78, 5) is 19.3. The van der Waals surface area contributed by atoms with Crippen molar-refractivity contribution in [3.8, 4) is 0 Å². The summed E-state index contributed by atoms with van der Waals surface area (Å²) in [5, 5.41) is 1.02. The van der Waals surface area contributed by atoms with Crippen LogP contribution in [0.15, 0.2) is 43.3 Å². The summed E-state index contributed by atoms with van der Waals surface area (Å²) in [6.07, 6.45) is 9.08. The summed E-state index contributed by atoms with van der Waals surface area (Å²) in [5.41, 5.74) is 8.39. The van der Waals surface area contributed by atoms with E-state index in [0.29, 0.717) is 5.69 Å². The zero-order valence-electron chi connectivity index (χ0n) is 11.7. The maximum absolute atomic E-state index is 5.83. The van der Waals surface area contributed by atoms with Crippen LogP contribution in [-0.4, -0.2) is 32.2 Å². The van der Waals surface area contributed by atoms with E-state index in [1.54, 1.807) is 24.3 Å². The molecule has 0 atom stereocenters. The smallest absolute Gasteiger partial charge is 0.145 e. The van der Waals surface area contributed by atoms with Crippen molar-refractivity contribution in [2.45, 2.75) is 0 Å². The van der Waals surface area contributed by atoms with Crippen LogP contribution in [0.25, 0.3) is 15.9 Å². The highest BCUT2D eigenvalue weighted by Gasteiger charge is 2.17. The second kappa shape index (κ2) is 5.34. The Morgan fingerprint density at radius 1 is 1.27 bits per heavy atom. The first-order valence-electron chi connectivity index (χ1n) is 6.91. The molecule has 0 aliphatic carbocycles. The van der Waals surface area contributed by atoms with Gasteiger partial charge in [-0.15, -0.1) is 11.8 Å². The van der Waals surface area contributed by atoms with Gasteiger partial charge in [0.05, 0.1) is 11.1 Å². The third kappa shape index (κ3) is 2.29. The fraction of sp³-hybridized carbons (Fsp3) is 0.133. The number of nitrogens with zero attached hydrogens (tertiary/aromatic N) is 4. The molecule has 0 amide bonds. The molecule has 0 spiro atoms. The van der Waals surface area contributed by atoms with E-state index in [1.807, 2.05) is 24.5 Å². The summed E-state index contributed by atoms with van der Waals surface area (Å²) < 4.78 is 0. The lowest BCUT2D eigenvalue weighted by Crippen LogP contribution is -2.24. The highest BCUT2D eigenvalue weighted by Crippen LogP contribution is 2.34. The molecule has 0 aromatic carbocycles. The molecular formula is C15H14N6S. The molecule has 1 aliphatic rings. The fourth-order valence-corrected chi connectivity index (χ4v) is 3.49. The zero-order chi connectivity index (χ0) is 14.9. The fourth-order valence-electron chi connectivity index (χ4n) is 2.50. The standard InChI is InChI=1S/C15H14N6S/c16-11-5-10(6-17-7-11)13-8-21(3-4-22-13)15-12-1-2-18-14(12)19-9-20-15/h1-2,5-9H,3-4,16H2,(H,18,19,20). The molecule has 0 bridgehead atoms. The minimum atomic E-state index is 0.672. The average Bonchev–Trinajstić information content (AvgIpc) is 3.03. The van der Waals surface area contributed by atoms with Crippen molar-refractivity contribution in [3.63, 3.8) is 0 Å². The van der Waals surface area contributed by atoms with Gasteiger partial charge < -0.3 is 15.6 Å². The number of rotatable bonds is 2. The van der Waals surface area contributed by atoms with Crippen LogP contribution in [0.1, 0.15) is 5.56 Å². The van der Waals surface area contributed by atoms with Gasteiger partial charge in [-0.05, 0) is 12.1 Å². The lowest BCUT2D eigenvalue weighted by molar-refractivity contribution is 0.988. The normalized spacial score (nSPS) is 15.1. The predicted molar refractivity (Wildman–Crippen MR) is 90.3 cm³/mol. The van der Waals surface area contributed by atoms with Gasteiger partial charge in [0, 0.05) is 47.6 Å². The first-order chi connectivity index (χ1) is 10.8. The number of H-pyrrole nitrogens is 1. The number of aromatic nitrogens is 4. The highest BCUT2D eigenvalue weighted by molar-refractivity contribution is 8.08. The number of hydrogen-bond donors (Lipinski definition) is 2. The van der Waals surface area contributed by atoms with Gasteiger partial charge in [0.1, 0.15) is 17.8 Å². The number of anilines is 2. The maximum Gasteiger partial charge on any atom is 0.145 e. The molecular weight excluding hydrogens is 296 g/mol. The molecule has 0 unspecified atom stereocenters. The first kappa shape index (κ1) is 13.1. The van der Waals surface area contributed by atoms with Crippen molar-refractivity contribution in [1.82, 2.24) is 19.9 Å². The number of nitrogen functional groups attached to an aromatic ring is 1. The first-order valence-corrected chi connectivity index (χ1v) is 7.90. The van der Waals surface area contributed by atoms with E-state index in [2.05, 4.69) is 31.0 Å². The van der Waals surface area contributed by atoms with E-state index in [-0.39, 0.29) is 0 Å². The number of thioether (sulfide) groups is 1. The Hall–Kier alpha value is -2.54. The molecule has 0 saturated heterocycles. The van der Waals surface area contributed by atoms with Crippen molar-refractivity contribution in [3.05, 3.63) is 48.8 Å². The van der Waals surface area contributed by atoms with Gasteiger partial charge >= 0.3 is 0 Å². The monoisotopic (exact) mass is 310 g/mol. The number of fused-ring (bicyclic) bond motifs is 1. The van der Waals surface area contributed by atoms with Gasteiger partial charge in [0.2, 0.25) is 0 Å². The van der Waals surface area contributed by atoms with E-state index < -0.39 is 0 Å². The van der Waals surface area contributed by atoms with Gasteiger partial charge in [-0.2, -0.15) is 0 Å². The van der Waals surface area contributed by atoms with Crippen molar-refractivity contribution < 1.29 is 0 Å². The topological polar surface area (TPSA) is 83.7 Å². The van der Waals surface area contributed by atoms with E-state index in [1.165, 1.54) is 0 Å². The van der Waals surface area contributed by atoms with Crippen molar-refractivity contribution in [1.29, 1.82) is 0 Å². The third-order valence-electron chi connectivity index (χ3n) is 3.51. The lowest BCUT2D eigenvalue weighted by atomic mass is 10.2. The predicted octanol–water partition coefficient (Wildman–Crippen LogP) is 2.49. The molecule has 1 aliphatic heterocycles. The van der Waals surface area contributed by atoms with E-state index in [9.17, 15) is 0 Å². The van der Waals surface area contributed by atoms with Crippen LogP contribution in [0.4, 0.5) is 11.5 Å². The Bertz CT molecular complexity index is 856. The summed E-state index contributed by atoms with van der Waals surface area (Å²) in [6.45, 7) is 0.904. The number of nitrogens with one attached hydrogen (secondary N) is 1. The van der Waals surface area contributed by atoms with Gasteiger partial charge in [-0.3, -0.25) is 4.98 Å². The lowest BCUT2D eigenvalue weighted by Gasteiger charge is -2.26. The van der Waals surface area contributed by atoms with Crippen molar-refractivity contribution >= 4 is 39.2 Å².